The minimum absolute atomic E-state index is 0. The molecule has 4 N–H and O–H groups in total. The van der Waals surface area contributed by atoms with Crippen LogP contribution < -0.4 is 71.5 Å². The Labute approximate surface area is 693 Å². The number of carboxylic acid groups (broad SMARTS) is 6. The van der Waals surface area contributed by atoms with Crippen molar-refractivity contribution in [2.24, 2.45) is 32.5 Å². The summed E-state index contributed by atoms with van der Waals surface area (Å²) in [7, 11) is 0. The number of carbonyl (C=O) groups excluding carboxylic acids is 6. The van der Waals surface area contributed by atoms with E-state index in [-0.39, 0.29) is 225 Å². The van der Waals surface area contributed by atoms with E-state index in [9.17, 15) is 100 Å². The van der Waals surface area contributed by atoms with E-state index in [1.807, 2.05) is 0 Å². The average molecular weight is 1900 g/mol. The van der Waals surface area contributed by atoms with Crippen molar-refractivity contribution in [2.45, 2.75) is 125 Å². The summed E-state index contributed by atoms with van der Waals surface area (Å²) in [6, 6.07) is 0. The van der Waals surface area contributed by atoms with Gasteiger partial charge >= 0.3 is 145 Å². The van der Waals surface area contributed by atoms with Gasteiger partial charge in [-0.05, 0) is 52.4 Å². The molecule has 0 saturated carbocycles. The number of hydrogen-bond acceptors (Lipinski definition) is 28. The van der Waals surface area contributed by atoms with E-state index in [0.717, 1.165) is 0 Å². The minimum Gasteiger partial charge on any atom is -0.854 e. The summed E-state index contributed by atoms with van der Waals surface area (Å²) >= 11 is 0. The van der Waals surface area contributed by atoms with Crippen LogP contribution in [0.3, 0.4) is 0 Å². The molecule has 0 aromatic rings. The molecule has 0 amide bonds. The molecule has 46 heteroatoms. The van der Waals surface area contributed by atoms with E-state index >= 15 is 0 Å². The van der Waals surface area contributed by atoms with Gasteiger partial charge in [-0.3, -0.25) is 19.6 Å². The molecule has 0 aromatic heterocycles. The molecule has 0 aliphatic carbocycles. The van der Waals surface area contributed by atoms with E-state index in [1.54, 1.807) is 144 Å². The quantitative estimate of drug-likeness (QED) is 0.0302. The first-order chi connectivity index (χ1) is 42.7. The first kappa shape index (κ1) is 152. The Morgan fingerprint density at radius 1 is 0.250 bits per heavy atom. The molecule has 0 rings (SSSR count). The van der Waals surface area contributed by atoms with Gasteiger partial charge in [-0.15, -0.1) is 52.9 Å². The van der Waals surface area contributed by atoms with Gasteiger partial charge in [-0.25, -0.2) is 0 Å². The van der Waals surface area contributed by atoms with Gasteiger partial charge < -0.3 is 185 Å². The van der Waals surface area contributed by atoms with Crippen molar-refractivity contribution in [3.05, 3.63) is 63.9 Å². The van der Waals surface area contributed by atoms with Crippen LogP contribution >= 0.6 is 0 Å². The van der Waals surface area contributed by atoms with Crippen LogP contribution in [-0.2, 0) is 97.0 Å². The fraction of sp³-hybridized carbons (Fsp3) is 0.889. The van der Waals surface area contributed by atoms with Crippen molar-refractivity contribution in [3.63, 3.8) is 0 Å². The predicted octanol–water partition coefficient (Wildman–Crippen LogP) is -9.85. The minimum atomic E-state index is -1.01. The van der Waals surface area contributed by atoms with Crippen molar-refractivity contribution >= 4 is 35.8 Å². The van der Waals surface area contributed by atoms with Crippen LogP contribution in [-0.4, -0.2) is 234 Å². The zero-order chi connectivity index (χ0) is 78.6. The fourth-order valence-corrected chi connectivity index (χ4v) is 2.94. The molecule has 40 nitrogen and oxygen atoms in total. The molecule has 0 spiro atoms. The standard InChI is InChI=1S/4C6H13NO3.6C5H10O2.4Fe.4N3.2Tb/c4*8-4-1-7(2-5-9)3-6-10;6*1-5(2,3)4(6)7;;;;;4*1-3-2;;/h4*8H,1-6H2;6*1-3H3,(H,6,7);;;;;;;;;;/q4*-2;;;;;;;4*+3;4*-1;2*+3/p-6. The van der Waals surface area contributed by atoms with Crippen LogP contribution in [0, 0.1) is 110 Å². The Hall–Kier alpha value is -1.93. The van der Waals surface area contributed by atoms with Gasteiger partial charge in [0.15, 0.2) is 0 Å². The van der Waals surface area contributed by atoms with E-state index in [0.29, 0.717) is 78.5 Å². The van der Waals surface area contributed by atoms with E-state index in [4.69, 9.17) is 64.7 Å². The third-order valence-corrected chi connectivity index (χ3v) is 8.60. The smallest absolute Gasteiger partial charge is 0.854 e. The van der Waals surface area contributed by atoms with Crippen LogP contribution in [0.2, 0.25) is 0 Å². The summed E-state index contributed by atoms with van der Waals surface area (Å²) in [5.41, 5.74) is 49.8. The predicted molar refractivity (Wildman–Crippen MR) is 320 cm³/mol. The number of aliphatic carboxylic acids is 6. The molecule has 596 valence electrons. The van der Waals surface area contributed by atoms with Gasteiger partial charge in [-0.2, -0.15) is 0 Å². The number of rotatable bonds is 24. The number of nitrogens with zero attached hydrogens (tertiary/aromatic N) is 16. The molecule has 100 heavy (non-hydrogen) atoms. The maximum absolute atomic E-state index is 10.1. The second-order valence-corrected chi connectivity index (χ2v) is 23.5. The van der Waals surface area contributed by atoms with Gasteiger partial charge in [-0.1, -0.05) is 125 Å². The van der Waals surface area contributed by atoms with Gasteiger partial charge in [0.2, 0.25) is 0 Å². The normalized spacial score (nSPS) is 9.38. The van der Waals surface area contributed by atoms with E-state index < -0.39 is 68.3 Å². The average Bonchev–Trinajstić information content (AvgIpc) is 3.41. The Morgan fingerprint density at radius 3 is 0.340 bits per heavy atom. The number of carbonyl (C=O) groups is 6. The van der Waals surface area contributed by atoms with Crippen molar-refractivity contribution in [2.75, 3.05) is 158 Å². The number of carboxylic acids is 6. The Balaban J connectivity index is -0.0000000386. The van der Waals surface area contributed by atoms with Gasteiger partial charge in [0.1, 0.15) is 0 Å². The fourth-order valence-electron chi connectivity index (χ4n) is 2.94. The van der Waals surface area contributed by atoms with Crippen LogP contribution in [0.15, 0.2) is 0 Å². The molecule has 0 fully saturated rings. The maximum Gasteiger partial charge on any atom is 3.00 e. The first-order valence-corrected chi connectivity index (χ1v) is 27.9. The van der Waals surface area contributed by atoms with Crippen LogP contribution in [0.4, 0.5) is 0 Å². The van der Waals surface area contributed by atoms with E-state index in [2.05, 4.69) is 0 Å². The topological polar surface area (TPSA) is 754 Å². The largest absolute Gasteiger partial charge is 3.00 e. The summed E-state index contributed by atoms with van der Waals surface area (Å²) in [6.07, 6.45) is 0. The van der Waals surface area contributed by atoms with Crippen molar-refractivity contribution in [1.29, 1.82) is 0 Å². The molecule has 0 heterocycles. The zero-order valence-corrected chi connectivity index (χ0v) is 68.9. The summed E-state index contributed by atoms with van der Waals surface area (Å²) in [6.45, 7) is 31.8. The molecule has 0 bridgehead atoms. The molecule has 0 saturated heterocycles. The summed E-state index contributed by atoms with van der Waals surface area (Å²) in [4.78, 5) is 72.1. The second kappa shape index (κ2) is 106. The number of aliphatic hydroxyl groups is 4. The molecule has 0 atom stereocenters. The molecule has 0 aliphatic rings. The van der Waals surface area contributed by atoms with Crippen LogP contribution in [0.25, 0.3) is 63.9 Å². The maximum atomic E-state index is 10.1. The van der Waals surface area contributed by atoms with Crippen LogP contribution in [0.5, 0.6) is 0 Å². The molecule has 0 aromatic carbocycles. The molecule has 4 radical (unpaired) electrons. The molecule has 0 unspecified atom stereocenters. The van der Waals surface area contributed by atoms with Gasteiger partial charge in [0.25, 0.3) is 0 Å². The third-order valence-electron chi connectivity index (χ3n) is 8.60. The Bertz CT molecular complexity index is 1550. The van der Waals surface area contributed by atoms with Gasteiger partial charge in [0, 0.05) is 94.5 Å². The second-order valence-electron chi connectivity index (χ2n) is 23.5. The third kappa shape index (κ3) is 177. The van der Waals surface area contributed by atoms with E-state index in [1.165, 1.54) is 19.6 Å². The Morgan fingerprint density at radius 2 is 0.310 bits per heavy atom. The molecule has 0 aliphatic heterocycles. The zero-order valence-electron chi connectivity index (χ0n) is 60.2. The summed E-state index contributed by atoms with van der Waals surface area (Å²) in [5.74, 6) is -6.04. The van der Waals surface area contributed by atoms with Gasteiger partial charge in [0.05, 0.1) is 26.4 Å². The molecular weight excluding hydrogens is 1800 g/mol. The Kier molecular flexibility index (Phi) is 160. The molecular formula is C54H106Fe4N16O24Tb2. The number of hydrogen-bond donors (Lipinski definition) is 4. The number of aliphatic hydroxyl groups excluding tert-OH is 4. The first-order valence-electron chi connectivity index (χ1n) is 27.9. The van der Waals surface area contributed by atoms with Crippen molar-refractivity contribution < 1.29 is 266 Å². The summed E-state index contributed by atoms with van der Waals surface area (Å²) < 4.78 is 0. The SMILES string of the molecule is CC(C)(C)C(=O)[O-].CC(C)(C)C(=O)[O-].CC(C)(C)C(=O)[O-].CC(C)(C)C(=O)[O-].CC(C)(C)C(=O)[O-].CC(C)(C)C(=O)[O-].[Fe+3].[Fe+3].[Fe+3].[Fe+3].[N-]=[N+]=[N-].[N-]=[N+]=[N-].[N-]=[N+]=[N-].[N-]=[N+]=[N-].[O-]CCN(CC[O-])CCO.[O-]CCN(CC[O-])CCO.[O-]CCN(CC[O-])CCO.[O-]CCN(CC[O-])CCO.[Tb+3].[Tb+3]. The van der Waals surface area contributed by atoms with Crippen molar-refractivity contribution in [3.8, 4) is 0 Å². The monoisotopic (exact) mass is 1900 g/mol. The van der Waals surface area contributed by atoms with Crippen molar-refractivity contribution in [1.82, 2.24) is 19.6 Å². The van der Waals surface area contributed by atoms with Crippen LogP contribution in [0.1, 0.15) is 125 Å². The summed E-state index contributed by atoms with van der Waals surface area (Å²) in [5, 5.41) is 174.